The number of rotatable bonds is 9. The molecule has 184 valence electrons. The lowest BCUT2D eigenvalue weighted by Gasteiger charge is -2.12. The molecule has 0 unspecified atom stereocenters. The zero-order valence-corrected chi connectivity index (χ0v) is 20.7. The van der Waals surface area contributed by atoms with Gasteiger partial charge in [-0.15, -0.1) is 0 Å². The van der Waals surface area contributed by atoms with E-state index in [1.54, 1.807) is 0 Å². The number of aldehydes is 1. The quantitative estimate of drug-likeness (QED) is 0.191. The molecule has 0 aliphatic rings. The van der Waals surface area contributed by atoms with E-state index in [4.69, 9.17) is 4.74 Å². The van der Waals surface area contributed by atoms with Crippen molar-refractivity contribution in [2.24, 2.45) is 0 Å². The minimum absolute atomic E-state index is 0.306. The van der Waals surface area contributed by atoms with Gasteiger partial charge in [0.2, 0.25) is 6.29 Å². The largest absolute Gasteiger partial charge is 0.487 e. The summed E-state index contributed by atoms with van der Waals surface area (Å²) in [7, 11) is 0. The summed E-state index contributed by atoms with van der Waals surface area (Å²) in [6.07, 6.45) is 3.62. The predicted octanol–water partition coefficient (Wildman–Crippen LogP) is 6.48. The summed E-state index contributed by atoms with van der Waals surface area (Å²) in [5.74, 6) is -0.0406. The first-order chi connectivity index (χ1) is 18.2. The number of ether oxygens (including phenoxy) is 1. The molecule has 2 heterocycles. The lowest BCUT2D eigenvalue weighted by Crippen LogP contribution is -2.13. The van der Waals surface area contributed by atoms with Crippen LogP contribution in [0.1, 0.15) is 29.3 Å². The van der Waals surface area contributed by atoms with Gasteiger partial charge in [0.25, 0.3) is 5.91 Å². The molecule has 1 N–H and O–H groups in total. The molecule has 5 aromatic rings. The lowest BCUT2D eigenvalue weighted by molar-refractivity contribution is -0.127. The van der Waals surface area contributed by atoms with Crippen molar-refractivity contribution < 1.29 is 14.3 Å². The number of carbonyl (C=O) groups excluding carboxylic acids is 2. The van der Waals surface area contributed by atoms with Gasteiger partial charge in [0.05, 0.1) is 5.69 Å². The van der Waals surface area contributed by atoms with E-state index >= 15 is 0 Å². The van der Waals surface area contributed by atoms with E-state index in [1.807, 2.05) is 79.0 Å². The fourth-order valence-corrected chi connectivity index (χ4v) is 4.86. The average molecular weight is 489 g/mol. The standard InChI is InChI=1S/C32H28N2O3/c1-2-26-28(20-25-16-9-10-17-27(25)24-14-7-4-8-15-24)34-19-11-18-29(32(34)31(26)33-30(36)21-35)37-22-23-12-5-3-6-13-23/h3-19,21H,2,20,22H2,1H3,(H,33,36). The molecule has 0 aliphatic heterocycles. The van der Waals surface area contributed by atoms with E-state index in [0.717, 1.165) is 33.5 Å². The van der Waals surface area contributed by atoms with Crippen LogP contribution in [0.3, 0.4) is 0 Å². The fourth-order valence-electron chi connectivity index (χ4n) is 4.86. The molecule has 37 heavy (non-hydrogen) atoms. The smallest absolute Gasteiger partial charge is 0.288 e. The number of fused-ring (bicyclic) bond motifs is 1. The van der Waals surface area contributed by atoms with Crippen molar-refractivity contribution in [2.75, 3.05) is 5.32 Å². The van der Waals surface area contributed by atoms with E-state index in [9.17, 15) is 9.59 Å². The maximum atomic E-state index is 12.3. The van der Waals surface area contributed by atoms with Gasteiger partial charge in [-0.05, 0) is 46.4 Å². The summed E-state index contributed by atoms with van der Waals surface area (Å²) in [5.41, 5.74) is 7.93. The van der Waals surface area contributed by atoms with Crippen LogP contribution in [-0.2, 0) is 29.0 Å². The molecule has 0 spiro atoms. The zero-order valence-electron chi connectivity index (χ0n) is 20.7. The zero-order chi connectivity index (χ0) is 25.6. The van der Waals surface area contributed by atoms with Gasteiger partial charge in [-0.3, -0.25) is 9.59 Å². The molecular formula is C32H28N2O3. The van der Waals surface area contributed by atoms with Crippen molar-refractivity contribution in [1.82, 2.24) is 4.40 Å². The number of carbonyl (C=O) groups is 2. The third-order valence-electron chi connectivity index (χ3n) is 6.54. The van der Waals surface area contributed by atoms with Gasteiger partial charge >= 0.3 is 0 Å². The summed E-state index contributed by atoms with van der Waals surface area (Å²) in [6.45, 7) is 2.45. The molecule has 5 rings (SSSR count). The van der Waals surface area contributed by atoms with Crippen molar-refractivity contribution in [2.45, 2.75) is 26.4 Å². The first-order valence-electron chi connectivity index (χ1n) is 12.4. The number of nitrogens with one attached hydrogen (secondary N) is 1. The highest BCUT2D eigenvalue weighted by Gasteiger charge is 2.22. The summed E-state index contributed by atoms with van der Waals surface area (Å²) >= 11 is 0. The summed E-state index contributed by atoms with van der Waals surface area (Å²) in [6, 6.07) is 32.5. The number of anilines is 1. The second-order valence-corrected chi connectivity index (χ2v) is 8.83. The van der Waals surface area contributed by atoms with Crippen LogP contribution in [0.15, 0.2) is 103 Å². The van der Waals surface area contributed by atoms with Crippen molar-refractivity contribution >= 4 is 23.4 Å². The van der Waals surface area contributed by atoms with Gasteiger partial charge in [-0.1, -0.05) is 91.9 Å². The Morgan fingerprint density at radius 1 is 0.892 bits per heavy atom. The number of benzene rings is 3. The SMILES string of the molecule is CCc1c(NC(=O)C=O)c2c(OCc3ccccc3)cccn2c1Cc1ccccc1-c1ccccc1. The van der Waals surface area contributed by atoms with Crippen LogP contribution in [0.5, 0.6) is 5.75 Å². The Hall–Kier alpha value is -4.64. The van der Waals surface area contributed by atoms with Gasteiger partial charge in [0, 0.05) is 18.3 Å². The van der Waals surface area contributed by atoms with Gasteiger partial charge in [0.1, 0.15) is 17.9 Å². The second-order valence-electron chi connectivity index (χ2n) is 8.83. The van der Waals surface area contributed by atoms with Crippen LogP contribution in [0, 0.1) is 0 Å². The van der Waals surface area contributed by atoms with Crippen molar-refractivity contribution in [3.63, 3.8) is 0 Å². The van der Waals surface area contributed by atoms with Crippen molar-refractivity contribution in [3.05, 3.63) is 126 Å². The average Bonchev–Trinajstić information content (AvgIpc) is 3.25. The third kappa shape index (κ3) is 5.02. The number of pyridine rings is 1. The van der Waals surface area contributed by atoms with Crippen molar-refractivity contribution in [3.8, 4) is 16.9 Å². The monoisotopic (exact) mass is 488 g/mol. The second kappa shape index (κ2) is 11.0. The number of amides is 1. The molecular weight excluding hydrogens is 460 g/mol. The molecule has 3 aromatic carbocycles. The summed E-state index contributed by atoms with van der Waals surface area (Å²) in [5, 5.41) is 2.84. The Labute approximate surface area is 216 Å². The molecule has 0 atom stereocenters. The molecule has 0 radical (unpaired) electrons. The van der Waals surface area contributed by atoms with Gasteiger partial charge in [0.15, 0.2) is 0 Å². The van der Waals surface area contributed by atoms with Crippen LogP contribution in [0.4, 0.5) is 5.69 Å². The van der Waals surface area contributed by atoms with Crippen LogP contribution in [0.2, 0.25) is 0 Å². The lowest BCUT2D eigenvalue weighted by atomic mass is 9.95. The number of hydrogen-bond donors (Lipinski definition) is 1. The molecule has 0 aliphatic carbocycles. The fraction of sp³-hybridized carbons (Fsp3) is 0.125. The van der Waals surface area contributed by atoms with Gasteiger partial charge in [-0.2, -0.15) is 0 Å². The molecule has 5 heteroatoms. The molecule has 0 saturated heterocycles. The molecule has 5 nitrogen and oxygen atoms in total. The van der Waals surface area contributed by atoms with Gasteiger partial charge < -0.3 is 14.5 Å². The van der Waals surface area contributed by atoms with Gasteiger partial charge in [-0.25, -0.2) is 0 Å². The van der Waals surface area contributed by atoms with Crippen LogP contribution < -0.4 is 10.1 Å². The van der Waals surface area contributed by atoms with Crippen LogP contribution >= 0.6 is 0 Å². The molecule has 0 fully saturated rings. The normalized spacial score (nSPS) is 10.8. The Morgan fingerprint density at radius 3 is 2.32 bits per heavy atom. The molecule has 0 saturated carbocycles. The van der Waals surface area contributed by atoms with E-state index in [-0.39, 0.29) is 0 Å². The topological polar surface area (TPSA) is 59.8 Å². The number of nitrogens with zero attached hydrogens (tertiary/aromatic N) is 1. The number of aromatic nitrogens is 1. The Balaban J connectivity index is 1.64. The highest BCUT2D eigenvalue weighted by Crippen LogP contribution is 2.38. The first kappa shape index (κ1) is 24.1. The number of hydrogen-bond acceptors (Lipinski definition) is 3. The highest BCUT2D eigenvalue weighted by atomic mass is 16.5. The highest BCUT2D eigenvalue weighted by molar-refractivity contribution is 6.30. The Morgan fingerprint density at radius 2 is 1.59 bits per heavy atom. The molecule has 1 amide bonds. The predicted molar refractivity (Wildman–Crippen MR) is 147 cm³/mol. The minimum Gasteiger partial charge on any atom is -0.487 e. The van der Waals surface area contributed by atoms with E-state index in [1.165, 1.54) is 5.56 Å². The Bertz CT molecular complexity index is 1540. The Kier molecular flexibility index (Phi) is 7.13. The van der Waals surface area contributed by atoms with E-state index in [0.29, 0.717) is 37.2 Å². The van der Waals surface area contributed by atoms with Crippen LogP contribution in [-0.4, -0.2) is 16.6 Å². The van der Waals surface area contributed by atoms with E-state index in [2.05, 4.69) is 40.9 Å². The first-order valence-corrected chi connectivity index (χ1v) is 12.4. The van der Waals surface area contributed by atoms with E-state index < -0.39 is 5.91 Å². The maximum absolute atomic E-state index is 12.3. The molecule has 0 bridgehead atoms. The molecule has 2 aromatic heterocycles. The minimum atomic E-state index is -0.684. The maximum Gasteiger partial charge on any atom is 0.288 e. The third-order valence-corrected chi connectivity index (χ3v) is 6.54. The summed E-state index contributed by atoms with van der Waals surface area (Å²) in [4.78, 5) is 23.6. The van der Waals surface area contributed by atoms with Crippen LogP contribution in [0.25, 0.3) is 16.6 Å². The van der Waals surface area contributed by atoms with Crippen molar-refractivity contribution in [1.29, 1.82) is 0 Å². The summed E-state index contributed by atoms with van der Waals surface area (Å²) < 4.78 is 8.34.